The van der Waals surface area contributed by atoms with Gasteiger partial charge in [0.2, 0.25) is 5.91 Å². The molecular weight excluding hydrogens is 248 g/mol. The lowest BCUT2D eigenvalue weighted by Crippen LogP contribution is -2.47. The van der Waals surface area contributed by atoms with Gasteiger partial charge in [-0.2, -0.15) is 0 Å². The van der Waals surface area contributed by atoms with Crippen molar-refractivity contribution in [2.45, 2.75) is 77.3 Å². The first-order valence-electron chi connectivity index (χ1n) is 8.64. The van der Waals surface area contributed by atoms with Gasteiger partial charge >= 0.3 is 0 Å². The minimum Gasteiger partial charge on any atom is -0.341 e. The molecule has 3 fully saturated rings. The predicted molar refractivity (Wildman–Crippen MR) is 81.5 cm³/mol. The van der Waals surface area contributed by atoms with Crippen LogP contribution in [0.3, 0.4) is 0 Å². The van der Waals surface area contributed by atoms with E-state index in [4.69, 9.17) is 0 Å². The average molecular weight is 278 g/mol. The normalized spacial score (nSPS) is 32.6. The van der Waals surface area contributed by atoms with E-state index in [2.05, 4.69) is 24.1 Å². The third-order valence-electron chi connectivity index (χ3n) is 5.62. The number of likely N-dealkylation sites (tertiary alicyclic amines) is 1. The number of hydrogen-bond acceptors (Lipinski definition) is 2. The van der Waals surface area contributed by atoms with Crippen molar-refractivity contribution in [2.24, 2.45) is 11.3 Å². The molecule has 2 saturated heterocycles. The first-order valence-corrected chi connectivity index (χ1v) is 8.64. The van der Waals surface area contributed by atoms with Crippen LogP contribution in [-0.4, -0.2) is 36.0 Å². The van der Waals surface area contributed by atoms with Crippen molar-refractivity contribution in [1.82, 2.24) is 10.2 Å². The Kier molecular flexibility index (Phi) is 4.07. The largest absolute Gasteiger partial charge is 0.341 e. The lowest BCUT2D eigenvalue weighted by atomic mass is 9.77. The minimum atomic E-state index is -0.0161. The third kappa shape index (κ3) is 2.74. The molecule has 2 atom stereocenters. The molecule has 0 radical (unpaired) electrons. The molecule has 0 spiro atoms. The first kappa shape index (κ1) is 14.4. The molecule has 20 heavy (non-hydrogen) atoms. The lowest BCUT2D eigenvalue weighted by molar-refractivity contribution is -0.143. The molecule has 2 aliphatic heterocycles. The van der Waals surface area contributed by atoms with Gasteiger partial charge in [-0.05, 0) is 44.4 Å². The van der Waals surface area contributed by atoms with Gasteiger partial charge in [-0.25, -0.2) is 0 Å². The molecule has 0 aromatic rings. The van der Waals surface area contributed by atoms with E-state index in [1.54, 1.807) is 0 Å². The quantitative estimate of drug-likeness (QED) is 0.861. The summed E-state index contributed by atoms with van der Waals surface area (Å²) in [6.07, 6.45) is 9.55. The number of fused-ring (bicyclic) bond motifs is 2. The van der Waals surface area contributed by atoms with Crippen LogP contribution in [0.1, 0.15) is 65.2 Å². The molecule has 114 valence electrons. The van der Waals surface area contributed by atoms with Crippen molar-refractivity contribution in [3.63, 3.8) is 0 Å². The topological polar surface area (TPSA) is 32.3 Å². The van der Waals surface area contributed by atoms with Crippen molar-refractivity contribution in [2.75, 3.05) is 13.1 Å². The average Bonchev–Trinajstić information content (AvgIpc) is 2.96. The Balaban J connectivity index is 1.72. The highest BCUT2D eigenvalue weighted by Gasteiger charge is 2.45. The molecule has 3 nitrogen and oxygen atoms in total. The number of nitrogens with zero attached hydrogens (tertiary/aromatic N) is 1. The van der Waals surface area contributed by atoms with E-state index < -0.39 is 0 Å². The Morgan fingerprint density at radius 2 is 1.90 bits per heavy atom. The van der Waals surface area contributed by atoms with Gasteiger partial charge in [0, 0.05) is 30.6 Å². The van der Waals surface area contributed by atoms with Crippen LogP contribution >= 0.6 is 0 Å². The zero-order valence-corrected chi connectivity index (χ0v) is 13.2. The monoisotopic (exact) mass is 278 g/mol. The summed E-state index contributed by atoms with van der Waals surface area (Å²) in [7, 11) is 0. The molecular formula is C17H30N2O. The van der Waals surface area contributed by atoms with Crippen molar-refractivity contribution < 1.29 is 4.79 Å². The smallest absolute Gasteiger partial charge is 0.228 e. The van der Waals surface area contributed by atoms with Crippen LogP contribution in [-0.2, 0) is 4.79 Å². The van der Waals surface area contributed by atoms with Crippen LogP contribution < -0.4 is 5.32 Å². The zero-order chi connectivity index (χ0) is 14.2. The number of amides is 1. The molecule has 1 aliphatic carbocycles. The van der Waals surface area contributed by atoms with Crippen molar-refractivity contribution in [3.05, 3.63) is 0 Å². The van der Waals surface area contributed by atoms with Gasteiger partial charge in [0.15, 0.2) is 0 Å². The fourth-order valence-corrected chi connectivity index (χ4v) is 4.80. The van der Waals surface area contributed by atoms with Crippen LogP contribution in [0.25, 0.3) is 0 Å². The third-order valence-corrected chi connectivity index (χ3v) is 5.62. The summed E-state index contributed by atoms with van der Waals surface area (Å²) in [6, 6.07) is 1.23. The fourth-order valence-electron chi connectivity index (χ4n) is 4.80. The van der Waals surface area contributed by atoms with Crippen molar-refractivity contribution in [3.8, 4) is 0 Å². The number of carbonyl (C=O) groups is 1. The fraction of sp³-hybridized carbons (Fsp3) is 0.941. The van der Waals surface area contributed by atoms with Gasteiger partial charge in [0.25, 0.3) is 0 Å². The van der Waals surface area contributed by atoms with E-state index in [0.717, 1.165) is 38.8 Å². The summed E-state index contributed by atoms with van der Waals surface area (Å²) in [5.41, 5.74) is -0.0161. The molecule has 0 aromatic heterocycles. The molecule has 2 heterocycles. The Hall–Kier alpha value is -0.570. The highest BCUT2D eigenvalue weighted by atomic mass is 16.2. The Morgan fingerprint density at radius 1 is 1.20 bits per heavy atom. The molecule has 2 bridgehead atoms. The maximum Gasteiger partial charge on any atom is 0.228 e. The van der Waals surface area contributed by atoms with Gasteiger partial charge in [-0.15, -0.1) is 0 Å². The molecule has 1 saturated carbocycles. The Labute approximate surface area is 123 Å². The number of carbonyl (C=O) groups excluding carboxylic acids is 1. The van der Waals surface area contributed by atoms with Gasteiger partial charge in [0.05, 0.1) is 0 Å². The summed E-state index contributed by atoms with van der Waals surface area (Å²) < 4.78 is 0. The summed E-state index contributed by atoms with van der Waals surface area (Å²) >= 11 is 0. The lowest BCUT2D eigenvalue weighted by Gasteiger charge is -2.36. The maximum atomic E-state index is 13.2. The number of hydrogen-bond donors (Lipinski definition) is 1. The highest BCUT2D eigenvalue weighted by molar-refractivity contribution is 5.83. The molecule has 1 amide bonds. The summed E-state index contributed by atoms with van der Waals surface area (Å²) in [4.78, 5) is 15.4. The molecule has 3 aliphatic rings. The molecule has 2 unspecified atom stereocenters. The molecule has 3 heteroatoms. The van der Waals surface area contributed by atoms with E-state index in [0.29, 0.717) is 23.9 Å². The van der Waals surface area contributed by atoms with Crippen LogP contribution in [0.4, 0.5) is 0 Å². The van der Waals surface area contributed by atoms with Crippen molar-refractivity contribution in [1.29, 1.82) is 0 Å². The van der Waals surface area contributed by atoms with Crippen molar-refractivity contribution >= 4 is 5.91 Å². The van der Waals surface area contributed by atoms with Crippen LogP contribution in [0.15, 0.2) is 0 Å². The van der Waals surface area contributed by atoms with Crippen LogP contribution in [0, 0.1) is 11.3 Å². The summed E-state index contributed by atoms with van der Waals surface area (Å²) in [5.74, 6) is 1.11. The van der Waals surface area contributed by atoms with E-state index in [9.17, 15) is 4.79 Å². The Bertz CT molecular complexity index is 360. The molecule has 3 rings (SSSR count). The van der Waals surface area contributed by atoms with Crippen LogP contribution in [0.2, 0.25) is 0 Å². The van der Waals surface area contributed by atoms with E-state index in [1.165, 1.54) is 25.7 Å². The highest BCUT2D eigenvalue weighted by Crippen LogP contribution is 2.45. The number of nitrogens with one attached hydrogen (secondary N) is 1. The Morgan fingerprint density at radius 3 is 2.60 bits per heavy atom. The van der Waals surface area contributed by atoms with Crippen LogP contribution in [0.5, 0.6) is 0 Å². The summed E-state index contributed by atoms with van der Waals surface area (Å²) in [5, 5.41) is 3.69. The van der Waals surface area contributed by atoms with Gasteiger partial charge < -0.3 is 10.2 Å². The van der Waals surface area contributed by atoms with Gasteiger partial charge in [-0.3, -0.25) is 4.79 Å². The first-order chi connectivity index (χ1) is 9.59. The minimum absolute atomic E-state index is 0.0161. The van der Waals surface area contributed by atoms with E-state index >= 15 is 0 Å². The number of rotatable bonds is 3. The molecule has 1 N–H and O–H groups in total. The SMILES string of the molecule is CC(C)CC1(C(=O)N2CCC3CCC(C2)N3)CCCC1. The van der Waals surface area contributed by atoms with Gasteiger partial charge in [-0.1, -0.05) is 26.7 Å². The second-order valence-electron chi connectivity index (χ2n) is 7.76. The van der Waals surface area contributed by atoms with E-state index in [-0.39, 0.29) is 5.41 Å². The second kappa shape index (κ2) is 5.67. The second-order valence-corrected chi connectivity index (χ2v) is 7.76. The van der Waals surface area contributed by atoms with Gasteiger partial charge in [0.1, 0.15) is 0 Å². The maximum absolute atomic E-state index is 13.2. The predicted octanol–water partition coefficient (Wildman–Crippen LogP) is 2.95. The summed E-state index contributed by atoms with van der Waals surface area (Å²) in [6.45, 7) is 6.46. The standard InChI is InChI=1S/C17H30N2O/c1-13(2)11-17(8-3-4-9-17)16(20)19-10-7-14-5-6-15(12-19)18-14/h13-15,18H,3-12H2,1-2H3. The zero-order valence-electron chi connectivity index (χ0n) is 13.2. The van der Waals surface area contributed by atoms with E-state index in [1.807, 2.05) is 0 Å². The molecule has 0 aromatic carbocycles.